The molecule has 0 radical (unpaired) electrons. The van der Waals surface area contributed by atoms with Gasteiger partial charge in [-0.2, -0.15) is 0 Å². The Balaban J connectivity index is 1.71. The summed E-state index contributed by atoms with van der Waals surface area (Å²) in [5.41, 5.74) is 0. The minimum absolute atomic E-state index is 0.671. The summed E-state index contributed by atoms with van der Waals surface area (Å²) in [6, 6.07) is 15.8. The van der Waals surface area contributed by atoms with Crippen molar-refractivity contribution in [1.29, 1.82) is 0 Å². The van der Waals surface area contributed by atoms with Crippen LogP contribution in [0.1, 0.15) is 6.92 Å². The van der Waals surface area contributed by atoms with Crippen molar-refractivity contribution < 1.29 is 14.2 Å². The average Bonchev–Trinajstić information content (AvgIpc) is 2.54. The van der Waals surface area contributed by atoms with Crippen molar-refractivity contribution in [3.63, 3.8) is 0 Å². The van der Waals surface area contributed by atoms with Crippen LogP contribution in [0.3, 0.4) is 0 Å². The van der Waals surface area contributed by atoms with E-state index in [9.17, 15) is 0 Å². The SMILES string of the molecule is CCOc1ccc(SCCOc2ccc(OC)cc2)cc1. The van der Waals surface area contributed by atoms with Gasteiger partial charge in [0.05, 0.1) is 20.3 Å². The van der Waals surface area contributed by atoms with E-state index >= 15 is 0 Å². The molecule has 0 aromatic heterocycles. The predicted octanol–water partition coefficient (Wildman–Crippen LogP) is 4.27. The monoisotopic (exact) mass is 304 g/mol. The molecule has 0 aliphatic rings. The Labute approximate surface area is 130 Å². The van der Waals surface area contributed by atoms with E-state index in [1.165, 1.54) is 4.90 Å². The molecule has 2 aromatic rings. The van der Waals surface area contributed by atoms with Crippen molar-refractivity contribution in [3.05, 3.63) is 48.5 Å². The van der Waals surface area contributed by atoms with Crippen molar-refractivity contribution in [2.75, 3.05) is 26.1 Å². The van der Waals surface area contributed by atoms with E-state index in [4.69, 9.17) is 14.2 Å². The summed E-state index contributed by atoms with van der Waals surface area (Å²) in [6.45, 7) is 3.35. The smallest absolute Gasteiger partial charge is 0.119 e. The zero-order valence-electron chi connectivity index (χ0n) is 12.4. The summed E-state index contributed by atoms with van der Waals surface area (Å²) in [6.07, 6.45) is 0. The van der Waals surface area contributed by atoms with Gasteiger partial charge in [-0.25, -0.2) is 0 Å². The summed E-state index contributed by atoms with van der Waals surface area (Å²) in [5, 5.41) is 0. The molecule has 0 saturated heterocycles. The van der Waals surface area contributed by atoms with Crippen LogP contribution in [0, 0.1) is 0 Å². The first kappa shape index (κ1) is 15.6. The van der Waals surface area contributed by atoms with Gasteiger partial charge in [0.25, 0.3) is 0 Å². The lowest BCUT2D eigenvalue weighted by molar-refractivity contribution is 0.340. The van der Waals surface area contributed by atoms with E-state index in [1.807, 2.05) is 43.3 Å². The number of hydrogen-bond acceptors (Lipinski definition) is 4. The Morgan fingerprint density at radius 3 is 2.00 bits per heavy atom. The molecule has 0 atom stereocenters. The Bertz CT molecular complexity index is 523. The summed E-state index contributed by atoms with van der Waals surface area (Å²) in [5.74, 6) is 3.52. The molecule has 0 fully saturated rings. The molecule has 21 heavy (non-hydrogen) atoms. The van der Waals surface area contributed by atoms with Gasteiger partial charge < -0.3 is 14.2 Å². The number of methoxy groups -OCH3 is 1. The van der Waals surface area contributed by atoms with Crippen LogP contribution in [0.2, 0.25) is 0 Å². The second kappa shape index (κ2) is 8.47. The highest BCUT2D eigenvalue weighted by atomic mass is 32.2. The summed E-state index contributed by atoms with van der Waals surface area (Å²) < 4.78 is 16.2. The van der Waals surface area contributed by atoms with Crippen LogP contribution in [0.15, 0.2) is 53.4 Å². The molecule has 0 spiro atoms. The third-order valence-corrected chi connectivity index (χ3v) is 3.79. The predicted molar refractivity (Wildman–Crippen MR) is 86.8 cm³/mol. The quantitative estimate of drug-likeness (QED) is 0.538. The van der Waals surface area contributed by atoms with Crippen molar-refractivity contribution in [3.8, 4) is 17.2 Å². The van der Waals surface area contributed by atoms with E-state index in [0.29, 0.717) is 13.2 Å². The average molecular weight is 304 g/mol. The van der Waals surface area contributed by atoms with Gasteiger partial charge in [-0.05, 0) is 55.5 Å². The Kier molecular flexibility index (Phi) is 6.28. The van der Waals surface area contributed by atoms with Crippen LogP contribution >= 0.6 is 11.8 Å². The fourth-order valence-corrected chi connectivity index (χ4v) is 2.52. The maximum Gasteiger partial charge on any atom is 0.119 e. The van der Waals surface area contributed by atoms with Crippen LogP contribution in [-0.4, -0.2) is 26.1 Å². The van der Waals surface area contributed by atoms with Crippen molar-refractivity contribution in [1.82, 2.24) is 0 Å². The first-order chi connectivity index (χ1) is 10.3. The topological polar surface area (TPSA) is 27.7 Å². The fraction of sp³-hybridized carbons (Fsp3) is 0.294. The molecule has 4 heteroatoms. The van der Waals surface area contributed by atoms with E-state index in [0.717, 1.165) is 23.0 Å². The second-order valence-electron chi connectivity index (χ2n) is 4.28. The highest BCUT2D eigenvalue weighted by Crippen LogP contribution is 2.22. The number of ether oxygens (including phenoxy) is 3. The standard InChI is InChI=1S/C17H20O3S/c1-3-19-15-8-10-17(11-9-15)21-13-12-20-16-6-4-14(18-2)5-7-16/h4-11H,3,12-13H2,1-2H3. The van der Waals surface area contributed by atoms with E-state index in [-0.39, 0.29) is 0 Å². The lowest BCUT2D eigenvalue weighted by Crippen LogP contribution is -2.00. The molecule has 0 aliphatic heterocycles. The van der Waals surface area contributed by atoms with Crippen LogP contribution in [-0.2, 0) is 0 Å². The molecular formula is C17H20O3S. The number of thioether (sulfide) groups is 1. The maximum atomic E-state index is 5.69. The minimum atomic E-state index is 0.671. The van der Waals surface area contributed by atoms with Crippen molar-refractivity contribution in [2.45, 2.75) is 11.8 Å². The molecule has 0 saturated carbocycles. The lowest BCUT2D eigenvalue weighted by Gasteiger charge is -2.07. The number of rotatable bonds is 8. The van der Waals surface area contributed by atoms with Crippen LogP contribution < -0.4 is 14.2 Å². The van der Waals surface area contributed by atoms with Gasteiger partial charge in [-0.15, -0.1) is 11.8 Å². The minimum Gasteiger partial charge on any atom is -0.497 e. The maximum absolute atomic E-state index is 5.69. The van der Waals surface area contributed by atoms with Crippen LogP contribution in [0.4, 0.5) is 0 Å². The molecule has 0 aliphatic carbocycles. The summed E-state index contributed by atoms with van der Waals surface area (Å²) >= 11 is 1.77. The van der Waals surface area contributed by atoms with Gasteiger partial charge in [0, 0.05) is 10.6 Å². The van der Waals surface area contributed by atoms with Crippen molar-refractivity contribution in [2.24, 2.45) is 0 Å². The van der Waals surface area contributed by atoms with Crippen LogP contribution in [0.25, 0.3) is 0 Å². The number of benzene rings is 2. The highest BCUT2D eigenvalue weighted by Gasteiger charge is 1.98. The lowest BCUT2D eigenvalue weighted by atomic mass is 10.3. The molecular weight excluding hydrogens is 284 g/mol. The first-order valence-corrected chi connectivity index (χ1v) is 7.93. The summed E-state index contributed by atoms with van der Waals surface area (Å²) in [4.78, 5) is 1.22. The van der Waals surface area contributed by atoms with E-state index in [2.05, 4.69) is 12.1 Å². The van der Waals surface area contributed by atoms with Gasteiger partial charge in [-0.1, -0.05) is 0 Å². The third-order valence-electron chi connectivity index (χ3n) is 2.81. The van der Waals surface area contributed by atoms with Gasteiger partial charge in [-0.3, -0.25) is 0 Å². The highest BCUT2D eigenvalue weighted by molar-refractivity contribution is 7.99. The number of hydrogen-bond donors (Lipinski definition) is 0. The molecule has 3 nitrogen and oxygen atoms in total. The van der Waals surface area contributed by atoms with E-state index < -0.39 is 0 Å². The Morgan fingerprint density at radius 1 is 0.810 bits per heavy atom. The molecule has 0 bridgehead atoms. The van der Waals surface area contributed by atoms with Gasteiger partial charge >= 0.3 is 0 Å². The molecule has 0 N–H and O–H groups in total. The van der Waals surface area contributed by atoms with Gasteiger partial charge in [0.1, 0.15) is 17.2 Å². The molecule has 0 unspecified atom stereocenters. The molecule has 112 valence electrons. The normalized spacial score (nSPS) is 10.2. The summed E-state index contributed by atoms with van der Waals surface area (Å²) in [7, 11) is 1.66. The largest absolute Gasteiger partial charge is 0.497 e. The Morgan fingerprint density at radius 2 is 1.38 bits per heavy atom. The van der Waals surface area contributed by atoms with Gasteiger partial charge in [0.15, 0.2) is 0 Å². The molecule has 0 amide bonds. The zero-order valence-corrected chi connectivity index (χ0v) is 13.2. The second-order valence-corrected chi connectivity index (χ2v) is 5.45. The Hall–Kier alpha value is -1.81. The third kappa shape index (κ3) is 5.23. The van der Waals surface area contributed by atoms with E-state index in [1.54, 1.807) is 18.9 Å². The first-order valence-electron chi connectivity index (χ1n) is 6.94. The van der Waals surface area contributed by atoms with Crippen LogP contribution in [0.5, 0.6) is 17.2 Å². The van der Waals surface area contributed by atoms with Crippen molar-refractivity contribution >= 4 is 11.8 Å². The fourth-order valence-electron chi connectivity index (χ4n) is 1.79. The zero-order chi connectivity index (χ0) is 14.9. The molecule has 0 heterocycles. The van der Waals surface area contributed by atoms with Gasteiger partial charge in [0.2, 0.25) is 0 Å². The molecule has 2 rings (SSSR count). The molecule has 2 aromatic carbocycles.